The number of carbonyl (C=O) groups is 1. The number of carboxylic acid groups (broad SMARTS) is 1. The first-order valence-electron chi connectivity index (χ1n) is 9.26. The molecule has 3 rings (SSSR count). The fourth-order valence-corrected chi connectivity index (χ4v) is 3.08. The highest BCUT2D eigenvalue weighted by atomic mass is 16.4. The minimum Gasteiger partial charge on any atom is -0.507 e. The van der Waals surface area contributed by atoms with Crippen molar-refractivity contribution in [1.82, 2.24) is 20.6 Å². The van der Waals surface area contributed by atoms with Crippen molar-refractivity contribution in [2.45, 2.75) is 20.3 Å². The predicted molar refractivity (Wildman–Crippen MR) is 110 cm³/mol. The summed E-state index contributed by atoms with van der Waals surface area (Å²) >= 11 is 0. The third kappa shape index (κ3) is 3.77. The SMILES string of the molecule is CCCNCCNC=c1c(O)c(C)c(=O)c2[nH]c3c(C(=O)O)ccc(=O)c3nc12. The number of fused-ring (bicyclic) bond motifs is 2. The van der Waals surface area contributed by atoms with E-state index in [0.29, 0.717) is 13.1 Å². The molecule has 0 radical (unpaired) electrons. The molecule has 0 spiro atoms. The minimum absolute atomic E-state index is 0.0256. The molecule has 0 aliphatic carbocycles. The van der Waals surface area contributed by atoms with E-state index in [1.165, 1.54) is 19.2 Å². The van der Waals surface area contributed by atoms with Crippen LogP contribution in [-0.4, -0.2) is 45.8 Å². The maximum absolute atomic E-state index is 12.7. The van der Waals surface area contributed by atoms with Crippen LogP contribution in [0.5, 0.6) is 5.75 Å². The number of nitrogens with one attached hydrogen (secondary N) is 3. The zero-order valence-corrected chi connectivity index (χ0v) is 16.1. The number of aromatic carboxylic acids is 1. The van der Waals surface area contributed by atoms with Crippen molar-refractivity contribution in [2.24, 2.45) is 0 Å². The average molecular weight is 398 g/mol. The largest absolute Gasteiger partial charge is 0.507 e. The van der Waals surface area contributed by atoms with E-state index in [1.807, 2.05) is 0 Å². The highest BCUT2D eigenvalue weighted by Gasteiger charge is 2.17. The zero-order chi connectivity index (χ0) is 21.1. The maximum Gasteiger partial charge on any atom is 0.337 e. The predicted octanol–water partition coefficient (Wildman–Crippen LogP) is 0.195. The van der Waals surface area contributed by atoms with Crippen molar-refractivity contribution in [1.29, 1.82) is 0 Å². The number of phenolic OH excluding ortho intramolecular Hbond substituents is 1. The molecule has 0 unspecified atom stereocenters. The van der Waals surface area contributed by atoms with Gasteiger partial charge in [0.15, 0.2) is 0 Å². The van der Waals surface area contributed by atoms with Gasteiger partial charge in [0.25, 0.3) is 0 Å². The number of aromatic hydroxyl groups is 1. The maximum atomic E-state index is 12.7. The Morgan fingerprint density at radius 2 is 1.93 bits per heavy atom. The lowest BCUT2D eigenvalue weighted by Gasteiger charge is -2.09. The monoisotopic (exact) mass is 398 g/mol. The number of hydrogen-bond acceptors (Lipinski definition) is 7. The number of H-pyrrole nitrogens is 1. The Labute approximate surface area is 165 Å². The molecule has 0 aliphatic rings. The van der Waals surface area contributed by atoms with Gasteiger partial charge in [-0.15, -0.1) is 0 Å². The third-order valence-corrected chi connectivity index (χ3v) is 4.63. The van der Waals surface area contributed by atoms with E-state index in [1.54, 1.807) is 0 Å². The van der Waals surface area contributed by atoms with Crippen LogP contribution in [0.25, 0.3) is 28.3 Å². The summed E-state index contributed by atoms with van der Waals surface area (Å²) in [4.78, 5) is 43.4. The van der Waals surface area contributed by atoms with Gasteiger partial charge in [-0.05, 0) is 32.0 Å². The molecule has 0 aliphatic heterocycles. The molecule has 0 amide bonds. The normalized spacial score (nSPS) is 12.0. The summed E-state index contributed by atoms with van der Waals surface area (Å²) in [6.07, 6.45) is 2.55. The first-order chi connectivity index (χ1) is 13.9. The van der Waals surface area contributed by atoms with Gasteiger partial charge in [-0.3, -0.25) is 9.59 Å². The smallest absolute Gasteiger partial charge is 0.337 e. The average Bonchev–Trinajstić information content (AvgIpc) is 2.70. The third-order valence-electron chi connectivity index (χ3n) is 4.63. The Balaban J connectivity index is 2.25. The Morgan fingerprint density at radius 3 is 2.62 bits per heavy atom. The summed E-state index contributed by atoms with van der Waals surface area (Å²) in [7, 11) is 0. The lowest BCUT2D eigenvalue weighted by Crippen LogP contribution is -2.27. The fraction of sp³-hybridized carbons (Fsp3) is 0.300. The molecule has 0 saturated carbocycles. The Kier molecular flexibility index (Phi) is 5.79. The van der Waals surface area contributed by atoms with E-state index >= 15 is 0 Å². The molecule has 0 bridgehead atoms. The topological polar surface area (TPSA) is 144 Å². The molecule has 5 N–H and O–H groups in total. The van der Waals surface area contributed by atoms with Crippen molar-refractivity contribution in [3.63, 3.8) is 0 Å². The van der Waals surface area contributed by atoms with Crippen molar-refractivity contribution in [3.05, 3.63) is 48.9 Å². The molecular formula is C20H22N4O5. The van der Waals surface area contributed by atoms with Gasteiger partial charge in [-0.2, -0.15) is 0 Å². The van der Waals surface area contributed by atoms with Crippen LogP contribution in [0.1, 0.15) is 29.3 Å². The molecule has 0 fully saturated rings. The molecule has 3 aromatic rings. The van der Waals surface area contributed by atoms with Gasteiger partial charge in [-0.25, -0.2) is 9.78 Å². The molecule has 0 saturated heterocycles. The summed E-state index contributed by atoms with van der Waals surface area (Å²) in [6.45, 7) is 5.71. The Bertz CT molecular complexity index is 1270. The molecule has 1 aromatic heterocycles. The van der Waals surface area contributed by atoms with Crippen molar-refractivity contribution in [2.75, 3.05) is 19.6 Å². The standard InChI is InChI=1S/C20H22N4O5/c1-3-6-21-7-8-22-9-12-15-17(19(27)10(2)18(12)26)24-14-11(20(28)29)4-5-13(25)16(14)23-15/h4-5,9,21-22,24,26H,3,6-8H2,1-2H3,(H,28,29). The van der Waals surface area contributed by atoms with Crippen LogP contribution < -0.4 is 26.7 Å². The van der Waals surface area contributed by atoms with Gasteiger partial charge in [0, 0.05) is 24.9 Å². The summed E-state index contributed by atoms with van der Waals surface area (Å²) in [5, 5.41) is 26.4. The second kappa shape index (κ2) is 8.27. The summed E-state index contributed by atoms with van der Waals surface area (Å²) in [5.74, 6) is -1.48. The van der Waals surface area contributed by atoms with Crippen LogP contribution in [0.15, 0.2) is 21.7 Å². The van der Waals surface area contributed by atoms with Crippen LogP contribution in [0.4, 0.5) is 0 Å². The van der Waals surface area contributed by atoms with Crippen LogP contribution in [0, 0.1) is 6.92 Å². The van der Waals surface area contributed by atoms with E-state index in [2.05, 4.69) is 27.5 Å². The molecule has 152 valence electrons. The molecule has 29 heavy (non-hydrogen) atoms. The van der Waals surface area contributed by atoms with Gasteiger partial charge in [0.05, 0.1) is 16.3 Å². The molecule has 9 nitrogen and oxygen atoms in total. The fourth-order valence-electron chi connectivity index (χ4n) is 3.08. The zero-order valence-electron chi connectivity index (χ0n) is 16.1. The van der Waals surface area contributed by atoms with Crippen molar-refractivity contribution in [3.8, 4) is 5.75 Å². The van der Waals surface area contributed by atoms with Gasteiger partial charge >= 0.3 is 5.97 Å². The number of benzene rings is 2. The van der Waals surface area contributed by atoms with Gasteiger partial charge in [0.1, 0.15) is 22.3 Å². The molecule has 0 atom stereocenters. The highest BCUT2D eigenvalue weighted by Crippen LogP contribution is 2.17. The second-order valence-corrected chi connectivity index (χ2v) is 6.67. The first kappa shape index (κ1) is 20.3. The van der Waals surface area contributed by atoms with Crippen LogP contribution >= 0.6 is 0 Å². The molecule has 9 heteroatoms. The first-order valence-corrected chi connectivity index (χ1v) is 9.26. The quantitative estimate of drug-likeness (QED) is 0.280. The number of aromatic amines is 1. The number of nitrogens with zero attached hydrogens (tertiary/aromatic N) is 1. The van der Waals surface area contributed by atoms with Crippen molar-refractivity contribution < 1.29 is 15.0 Å². The van der Waals surface area contributed by atoms with Gasteiger partial charge < -0.3 is 25.8 Å². The van der Waals surface area contributed by atoms with E-state index in [9.17, 15) is 24.6 Å². The highest BCUT2D eigenvalue weighted by molar-refractivity contribution is 6.02. The van der Waals surface area contributed by atoms with Gasteiger partial charge in [0.2, 0.25) is 10.9 Å². The number of hydrogen-bond donors (Lipinski definition) is 5. The van der Waals surface area contributed by atoms with Crippen molar-refractivity contribution >= 4 is 34.2 Å². The number of rotatable bonds is 7. The second-order valence-electron chi connectivity index (χ2n) is 6.67. The van der Waals surface area contributed by atoms with E-state index in [0.717, 1.165) is 19.0 Å². The van der Waals surface area contributed by atoms with Crippen LogP contribution in [0.2, 0.25) is 0 Å². The number of carboxylic acids is 1. The summed E-state index contributed by atoms with van der Waals surface area (Å²) in [6, 6.07) is 2.29. The van der Waals surface area contributed by atoms with E-state index < -0.39 is 16.8 Å². The van der Waals surface area contributed by atoms with E-state index in [4.69, 9.17) is 0 Å². The van der Waals surface area contributed by atoms with Gasteiger partial charge in [-0.1, -0.05) is 6.92 Å². The molecule has 2 aromatic carbocycles. The summed E-state index contributed by atoms with van der Waals surface area (Å²) in [5.41, 5.74) is -1.08. The number of phenols is 1. The molecular weight excluding hydrogens is 376 g/mol. The Hall–Kier alpha value is -3.46. The lowest BCUT2D eigenvalue weighted by molar-refractivity contribution is 0.0699. The molecule has 1 heterocycles. The Morgan fingerprint density at radius 1 is 1.17 bits per heavy atom. The van der Waals surface area contributed by atoms with Crippen LogP contribution in [0.3, 0.4) is 0 Å². The lowest BCUT2D eigenvalue weighted by atomic mass is 10.1. The minimum atomic E-state index is -1.25. The van der Waals surface area contributed by atoms with E-state index in [-0.39, 0.29) is 44.2 Å². The number of aromatic nitrogens is 2. The van der Waals surface area contributed by atoms with Crippen LogP contribution in [-0.2, 0) is 0 Å². The summed E-state index contributed by atoms with van der Waals surface area (Å²) < 4.78 is 0.